The van der Waals surface area contributed by atoms with Crippen LogP contribution in [0.25, 0.3) is 0 Å². The lowest BCUT2D eigenvalue weighted by Crippen LogP contribution is -2.31. The van der Waals surface area contributed by atoms with Crippen molar-refractivity contribution in [3.8, 4) is 0 Å². The van der Waals surface area contributed by atoms with Gasteiger partial charge in [0.1, 0.15) is 0 Å². The number of hydrogen-bond acceptors (Lipinski definition) is 2. The Kier molecular flexibility index (Phi) is 8.04. The molecular weight excluding hydrogens is 196 g/mol. The van der Waals surface area contributed by atoms with E-state index < -0.39 is 0 Å². The maximum absolute atomic E-state index is 5.73. The van der Waals surface area contributed by atoms with E-state index in [1.807, 2.05) is 0 Å². The third-order valence-electron chi connectivity index (χ3n) is 3.73. The van der Waals surface area contributed by atoms with Crippen LogP contribution in [0.1, 0.15) is 59.8 Å². The summed E-state index contributed by atoms with van der Waals surface area (Å²) in [6, 6.07) is 0.766. The van der Waals surface area contributed by atoms with Crippen molar-refractivity contribution in [3.63, 3.8) is 0 Å². The van der Waals surface area contributed by atoms with Crippen LogP contribution in [0.5, 0.6) is 0 Å². The summed E-state index contributed by atoms with van der Waals surface area (Å²) in [6.45, 7) is 11.1. The van der Waals surface area contributed by atoms with Crippen LogP contribution in [0.4, 0.5) is 0 Å². The molecule has 0 aliphatic rings. The van der Waals surface area contributed by atoms with Crippen LogP contribution in [-0.4, -0.2) is 31.1 Å². The molecule has 2 N–H and O–H groups in total. The van der Waals surface area contributed by atoms with Crippen molar-refractivity contribution < 1.29 is 0 Å². The highest BCUT2D eigenvalue weighted by molar-refractivity contribution is 4.70. The fourth-order valence-electron chi connectivity index (χ4n) is 2.16. The summed E-state index contributed by atoms with van der Waals surface area (Å²) in [6.07, 6.45) is 6.38. The van der Waals surface area contributed by atoms with Crippen molar-refractivity contribution in [2.75, 3.05) is 20.1 Å². The lowest BCUT2D eigenvalue weighted by molar-refractivity contribution is 0.219. The van der Waals surface area contributed by atoms with Gasteiger partial charge in [0.25, 0.3) is 0 Å². The standard InChI is InChI=1S/C14H32N2/c1-6-13(7-2)16(5)11-9-8-10-14(3,4)12-15/h13H,6-12,15H2,1-5H3. The van der Waals surface area contributed by atoms with E-state index in [0.717, 1.165) is 12.6 Å². The van der Waals surface area contributed by atoms with Crippen LogP contribution in [0.2, 0.25) is 0 Å². The second-order valence-corrected chi connectivity index (χ2v) is 5.78. The highest BCUT2D eigenvalue weighted by Gasteiger charge is 2.15. The lowest BCUT2D eigenvalue weighted by atomic mass is 9.87. The average Bonchev–Trinajstić information content (AvgIpc) is 2.26. The van der Waals surface area contributed by atoms with Crippen LogP contribution in [0.3, 0.4) is 0 Å². The van der Waals surface area contributed by atoms with E-state index in [9.17, 15) is 0 Å². The molecular formula is C14H32N2. The third-order valence-corrected chi connectivity index (χ3v) is 3.73. The predicted molar refractivity (Wildman–Crippen MR) is 73.7 cm³/mol. The molecule has 0 unspecified atom stereocenters. The Morgan fingerprint density at radius 2 is 1.69 bits per heavy atom. The minimum Gasteiger partial charge on any atom is -0.330 e. The Labute approximate surface area is 103 Å². The van der Waals surface area contributed by atoms with Crippen molar-refractivity contribution >= 4 is 0 Å². The van der Waals surface area contributed by atoms with E-state index in [1.54, 1.807) is 0 Å². The first-order valence-corrected chi connectivity index (χ1v) is 6.87. The van der Waals surface area contributed by atoms with Crippen LogP contribution in [-0.2, 0) is 0 Å². The van der Waals surface area contributed by atoms with E-state index in [1.165, 1.54) is 38.6 Å². The number of hydrogen-bond donors (Lipinski definition) is 1. The molecule has 0 fully saturated rings. The van der Waals surface area contributed by atoms with Crippen LogP contribution >= 0.6 is 0 Å². The molecule has 0 aromatic carbocycles. The van der Waals surface area contributed by atoms with Gasteiger partial charge in [-0.3, -0.25) is 0 Å². The van der Waals surface area contributed by atoms with Crippen molar-refractivity contribution in [1.29, 1.82) is 0 Å². The SMILES string of the molecule is CCC(CC)N(C)CCCCC(C)(C)CN. The minimum absolute atomic E-state index is 0.327. The summed E-state index contributed by atoms with van der Waals surface area (Å²) < 4.78 is 0. The Balaban J connectivity index is 3.66. The second-order valence-electron chi connectivity index (χ2n) is 5.78. The van der Waals surface area contributed by atoms with E-state index in [4.69, 9.17) is 5.73 Å². The molecule has 0 bridgehead atoms. The first-order valence-electron chi connectivity index (χ1n) is 6.87. The second kappa shape index (κ2) is 8.08. The maximum Gasteiger partial charge on any atom is 0.00869 e. The van der Waals surface area contributed by atoms with E-state index in [0.29, 0.717) is 5.41 Å². The van der Waals surface area contributed by atoms with E-state index in [2.05, 4.69) is 39.6 Å². The van der Waals surface area contributed by atoms with E-state index in [-0.39, 0.29) is 0 Å². The van der Waals surface area contributed by atoms with Crippen LogP contribution in [0.15, 0.2) is 0 Å². The molecule has 0 rings (SSSR count). The summed E-state index contributed by atoms with van der Waals surface area (Å²) in [4.78, 5) is 2.51. The Bertz CT molecular complexity index is 162. The molecule has 0 amide bonds. The van der Waals surface area contributed by atoms with Gasteiger partial charge in [-0.1, -0.05) is 34.1 Å². The van der Waals surface area contributed by atoms with Crippen molar-refractivity contribution in [1.82, 2.24) is 4.90 Å². The molecule has 2 heteroatoms. The average molecular weight is 228 g/mol. The summed E-state index contributed by atoms with van der Waals surface area (Å²) in [7, 11) is 2.26. The molecule has 0 radical (unpaired) electrons. The summed E-state index contributed by atoms with van der Waals surface area (Å²) in [5.41, 5.74) is 6.06. The zero-order chi connectivity index (χ0) is 12.6. The van der Waals surface area contributed by atoms with Crippen molar-refractivity contribution in [3.05, 3.63) is 0 Å². The third kappa shape index (κ3) is 6.49. The minimum atomic E-state index is 0.327. The Hall–Kier alpha value is -0.0800. The highest BCUT2D eigenvalue weighted by atomic mass is 15.1. The number of unbranched alkanes of at least 4 members (excludes halogenated alkanes) is 1. The van der Waals surface area contributed by atoms with Gasteiger partial charge >= 0.3 is 0 Å². The fourth-order valence-corrected chi connectivity index (χ4v) is 2.16. The Morgan fingerprint density at radius 3 is 2.12 bits per heavy atom. The first kappa shape index (κ1) is 15.9. The van der Waals surface area contributed by atoms with Gasteiger partial charge in [-0.15, -0.1) is 0 Å². The molecule has 0 spiro atoms. The topological polar surface area (TPSA) is 29.3 Å². The summed E-state index contributed by atoms with van der Waals surface area (Å²) in [5, 5.41) is 0. The Morgan fingerprint density at radius 1 is 1.12 bits per heavy atom. The molecule has 0 saturated heterocycles. The van der Waals surface area contributed by atoms with Gasteiger partial charge in [0, 0.05) is 6.04 Å². The van der Waals surface area contributed by atoms with Gasteiger partial charge in [-0.25, -0.2) is 0 Å². The van der Waals surface area contributed by atoms with Gasteiger partial charge in [-0.2, -0.15) is 0 Å². The van der Waals surface area contributed by atoms with Gasteiger partial charge in [-0.05, 0) is 51.2 Å². The van der Waals surface area contributed by atoms with Crippen molar-refractivity contribution in [2.45, 2.75) is 65.8 Å². The van der Waals surface area contributed by atoms with Gasteiger partial charge in [0.15, 0.2) is 0 Å². The molecule has 2 nitrogen and oxygen atoms in total. The van der Waals surface area contributed by atoms with Crippen LogP contribution in [0, 0.1) is 5.41 Å². The molecule has 0 aliphatic carbocycles. The first-order chi connectivity index (χ1) is 7.46. The molecule has 0 aromatic rings. The van der Waals surface area contributed by atoms with E-state index >= 15 is 0 Å². The van der Waals surface area contributed by atoms with Crippen LogP contribution < -0.4 is 5.73 Å². The van der Waals surface area contributed by atoms with Gasteiger partial charge in [0.2, 0.25) is 0 Å². The largest absolute Gasteiger partial charge is 0.330 e. The molecule has 0 saturated carbocycles. The quantitative estimate of drug-likeness (QED) is 0.614. The molecule has 16 heavy (non-hydrogen) atoms. The smallest absolute Gasteiger partial charge is 0.00869 e. The molecule has 0 heterocycles. The number of nitrogens with two attached hydrogens (primary N) is 1. The monoisotopic (exact) mass is 228 g/mol. The molecule has 0 aliphatic heterocycles. The lowest BCUT2D eigenvalue weighted by Gasteiger charge is -2.27. The zero-order valence-electron chi connectivity index (χ0n) is 12.1. The summed E-state index contributed by atoms with van der Waals surface area (Å²) >= 11 is 0. The molecule has 0 aromatic heterocycles. The molecule has 98 valence electrons. The van der Waals surface area contributed by atoms with Crippen molar-refractivity contribution in [2.24, 2.45) is 11.1 Å². The maximum atomic E-state index is 5.73. The number of nitrogens with zero attached hydrogens (tertiary/aromatic N) is 1. The number of rotatable bonds is 9. The zero-order valence-corrected chi connectivity index (χ0v) is 12.1. The summed E-state index contributed by atoms with van der Waals surface area (Å²) in [5.74, 6) is 0. The normalized spacial score (nSPS) is 12.8. The molecule has 0 atom stereocenters. The predicted octanol–water partition coefficient (Wildman–Crippen LogP) is 3.26. The highest BCUT2D eigenvalue weighted by Crippen LogP contribution is 2.21. The fraction of sp³-hybridized carbons (Fsp3) is 1.00. The van der Waals surface area contributed by atoms with Gasteiger partial charge < -0.3 is 10.6 Å². The van der Waals surface area contributed by atoms with Gasteiger partial charge in [0.05, 0.1) is 0 Å².